The molecule has 0 aliphatic heterocycles. The molecule has 0 aromatic heterocycles. The second kappa shape index (κ2) is 7.79. The number of amides is 1. The number of esters is 1. The molecular weight excluding hydrogens is 314 g/mol. The van der Waals surface area contributed by atoms with Gasteiger partial charge in [0.05, 0.1) is 5.56 Å². The molecule has 0 saturated carbocycles. The van der Waals surface area contributed by atoms with Gasteiger partial charge in [-0.15, -0.1) is 0 Å². The Morgan fingerprint density at radius 2 is 1.87 bits per heavy atom. The highest BCUT2D eigenvalue weighted by Gasteiger charge is 2.19. The number of nitrogens with one attached hydrogen (secondary N) is 1. The molecule has 0 saturated heterocycles. The number of ether oxygens (including phenoxy) is 1. The third kappa shape index (κ3) is 4.83. The minimum Gasteiger partial charge on any atom is -0.449 e. The fraction of sp³-hybridized carbons (Fsp3) is 0.222. The Hall–Kier alpha value is -2.33. The first kappa shape index (κ1) is 17.0. The molecule has 0 radical (unpaired) electrons. The highest BCUT2D eigenvalue weighted by atomic mass is 35.5. The number of rotatable bonds is 5. The predicted octanol–water partition coefficient (Wildman–Crippen LogP) is 4.09. The summed E-state index contributed by atoms with van der Waals surface area (Å²) in [6.45, 7) is 3.56. The standard InChI is InChI=1S/C18H18ClNO3/c1-3-13-7-9-14(10-8-13)18(22)23-12(2)17(21)20-16-6-4-5-15(19)11-16/h4-12H,3H2,1-2H3,(H,20,21)/t12-/m0/s1. The van der Waals surface area contributed by atoms with Crippen molar-refractivity contribution in [3.05, 3.63) is 64.7 Å². The van der Waals surface area contributed by atoms with Crippen molar-refractivity contribution in [2.75, 3.05) is 5.32 Å². The first-order valence-corrected chi connectivity index (χ1v) is 7.73. The van der Waals surface area contributed by atoms with Gasteiger partial charge in [-0.25, -0.2) is 4.79 Å². The van der Waals surface area contributed by atoms with Gasteiger partial charge >= 0.3 is 5.97 Å². The van der Waals surface area contributed by atoms with Gasteiger partial charge in [-0.2, -0.15) is 0 Å². The van der Waals surface area contributed by atoms with Crippen LogP contribution in [0.15, 0.2) is 48.5 Å². The van der Waals surface area contributed by atoms with E-state index in [2.05, 4.69) is 5.32 Å². The van der Waals surface area contributed by atoms with Gasteiger partial charge < -0.3 is 10.1 Å². The zero-order valence-electron chi connectivity index (χ0n) is 13.0. The van der Waals surface area contributed by atoms with Crippen LogP contribution in [0.4, 0.5) is 5.69 Å². The average molecular weight is 332 g/mol. The normalized spacial score (nSPS) is 11.6. The van der Waals surface area contributed by atoms with E-state index in [1.54, 1.807) is 36.4 Å². The molecule has 5 heteroatoms. The van der Waals surface area contributed by atoms with Crippen molar-refractivity contribution in [2.24, 2.45) is 0 Å². The van der Waals surface area contributed by atoms with Crippen molar-refractivity contribution in [3.8, 4) is 0 Å². The lowest BCUT2D eigenvalue weighted by Crippen LogP contribution is -2.30. The second-order valence-electron chi connectivity index (χ2n) is 5.10. The molecule has 120 valence electrons. The van der Waals surface area contributed by atoms with Crippen molar-refractivity contribution in [1.29, 1.82) is 0 Å². The number of carbonyl (C=O) groups excluding carboxylic acids is 2. The van der Waals surface area contributed by atoms with E-state index in [0.717, 1.165) is 12.0 Å². The van der Waals surface area contributed by atoms with Crippen LogP contribution in [-0.2, 0) is 16.0 Å². The number of hydrogen-bond acceptors (Lipinski definition) is 3. The summed E-state index contributed by atoms with van der Waals surface area (Å²) in [4.78, 5) is 24.1. The summed E-state index contributed by atoms with van der Waals surface area (Å²) in [7, 11) is 0. The summed E-state index contributed by atoms with van der Waals surface area (Å²) in [6.07, 6.45) is -0.0133. The summed E-state index contributed by atoms with van der Waals surface area (Å²) in [5.41, 5.74) is 2.11. The molecule has 0 heterocycles. The molecule has 1 atom stereocenters. The molecule has 2 aromatic carbocycles. The summed E-state index contributed by atoms with van der Waals surface area (Å²) in [6, 6.07) is 13.9. The lowest BCUT2D eigenvalue weighted by atomic mass is 10.1. The third-order valence-electron chi connectivity index (χ3n) is 3.34. The number of anilines is 1. The van der Waals surface area contributed by atoms with Gasteiger partial charge in [0.1, 0.15) is 0 Å². The predicted molar refractivity (Wildman–Crippen MR) is 90.8 cm³/mol. The molecule has 2 aromatic rings. The van der Waals surface area contributed by atoms with Crippen LogP contribution in [0.2, 0.25) is 5.02 Å². The van der Waals surface area contributed by atoms with E-state index in [0.29, 0.717) is 16.3 Å². The van der Waals surface area contributed by atoms with E-state index in [1.165, 1.54) is 6.92 Å². The van der Waals surface area contributed by atoms with Crippen LogP contribution >= 0.6 is 11.6 Å². The van der Waals surface area contributed by atoms with Crippen molar-refractivity contribution in [3.63, 3.8) is 0 Å². The lowest BCUT2D eigenvalue weighted by molar-refractivity contribution is -0.123. The molecule has 0 bridgehead atoms. The first-order valence-electron chi connectivity index (χ1n) is 7.36. The molecular formula is C18H18ClNO3. The SMILES string of the molecule is CCc1ccc(C(=O)O[C@@H](C)C(=O)Nc2cccc(Cl)c2)cc1. The monoisotopic (exact) mass is 331 g/mol. The fourth-order valence-electron chi connectivity index (χ4n) is 1.97. The summed E-state index contributed by atoms with van der Waals surface area (Å²) in [5, 5.41) is 3.17. The van der Waals surface area contributed by atoms with Crippen molar-refractivity contribution >= 4 is 29.2 Å². The minimum absolute atomic E-state index is 0.411. The molecule has 0 aliphatic rings. The van der Waals surface area contributed by atoms with Crippen LogP contribution in [0.25, 0.3) is 0 Å². The maximum atomic E-state index is 12.1. The molecule has 0 fully saturated rings. The van der Waals surface area contributed by atoms with Crippen molar-refractivity contribution in [2.45, 2.75) is 26.4 Å². The average Bonchev–Trinajstić information content (AvgIpc) is 2.54. The summed E-state index contributed by atoms with van der Waals surface area (Å²) >= 11 is 5.86. The maximum Gasteiger partial charge on any atom is 0.338 e. The molecule has 4 nitrogen and oxygen atoms in total. The van der Waals surface area contributed by atoms with Gasteiger partial charge in [-0.3, -0.25) is 4.79 Å². The van der Waals surface area contributed by atoms with E-state index in [9.17, 15) is 9.59 Å². The number of carbonyl (C=O) groups is 2. The smallest absolute Gasteiger partial charge is 0.338 e. The van der Waals surface area contributed by atoms with Crippen LogP contribution in [0, 0.1) is 0 Å². The molecule has 0 spiro atoms. The van der Waals surface area contributed by atoms with E-state index in [-0.39, 0.29) is 0 Å². The van der Waals surface area contributed by atoms with Gasteiger partial charge in [-0.05, 0) is 49.2 Å². The number of halogens is 1. The van der Waals surface area contributed by atoms with Gasteiger partial charge in [0.15, 0.2) is 6.10 Å². The zero-order chi connectivity index (χ0) is 16.8. The summed E-state index contributed by atoms with van der Waals surface area (Å²) < 4.78 is 5.19. The number of hydrogen-bond donors (Lipinski definition) is 1. The first-order chi connectivity index (χ1) is 11.0. The van der Waals surface area contributed by atoms with Gasteiger partial charge in [-0.1, -0.05) is 36.7 Å². The minimum atomic E-state index is -0.910. The lowest BCUT2D eigenvalue weighted by Gasteiger charge is -2.14. The number of aryl methyl sites for hydroxylation is 1. The van der Waals surface area contributed by atoms with Crippen LogP contribution in [0.5, 0.6) is 0 Å². The van der Waals surface area contributed by atoms with Crippen molar-refractivity contribution < 1.29 is 14.3 Å². The molecule has 1 N–H and O–H groups in total. The van der Waals surface area contributed by atoms with Crippen LogP contribution in [0.3, 0.4) is 0 Å². The Labute approximate surface area is 140 Å². The Morgan fingerprint density at radius 1 is 1.17 bits per heavy atom. The Morgan fingerprint density at radius 3 is 2.48 bits per heavy atom. The fourth-order valence-corrected chi connectivity index (χ4v) is 2.16. The van der Waals surface area contributed by atoms with Crippen LogP contribution < -0.4 is 5.32 Å². The van der Waals surface area contributed by atoms with Crippen LogP contribution in [-0.4, -0.2) is 18.0 Å². The number of benzene rings is 2. The Kier molecular flexibility index (Phi) is 5.77. The van der Waals surface area contributed by atoms with Gasteiger partial charge in [0.25, 0.3) is 5.91 Å². The van der Waals surface area contributed by atoms with E-state index >= 15 is 0 Å². The van der Waals surface area contributed by atoms with Crippen molar-refractivity contribution in [1.82, 2.24) is 0 Å². The quantitative estimate of drug-likeness (QED) is 0.840. The molecule has 1 amide bonds. The zero-order valence-corrected chi connectivity index (χ0v) is 13.8. The third-order valence-corrected chi connectivity index (χ3v) is 3.58. The topological polar surface area (TPSA) is 55.4 Å². The molecule has 0 unspecified atom stereocenters. The second-order valence-corrected chi connectivity index (χ2v) is 5.53. The maximum absolute atomic E-state index is 12.1. The molecule has 23 heavy (non-hydrogen) atoms. The highest BCUT2D eigenvalue weighted by molar-refractivity contribution is 6.30. The van der Waals surface area contributed by atoms with Gasteiger partial charge in [0, 0.05) is 10.7 Å². The molecule has 0 aliphatic carbocycles. The highest BCUT2D eigenvalue weighted by Crippen LogP contribution is 2.15. The van der Waals surface area contributed by atoms with Crippen LogP contribution in [0.1, 0.15) is 29.8 Å². The largest absolute Gasteiger partial charge is 0.449 e. The Bertz CT molecular complexity index is 698. The summed E-state index contributed by atoms with van der Waals surface area (Å²) in [5.74, 6) is -0.938. The van der Waals surface area contributed by atoms with E-state index < -0.39 is 18.0 Å². The van der Waals surface area contributed by atoms with E-state index in [4.69, 9.17) is 16.3 Å². The van der Waals surface area contributed by atoms with Gasteiger partial charge in [0.2, 0.25) is 0 Å². The van der Waals surface area contributed by atoms with E-state index in [1.807, 2.05) is 19.1 Å². The Balaban J connectivity index is 1.95. The molecule has 2 rings (SSSR count).